The van der Waals surface area contributed by atoms with Crippen molar-refractivity contribution in [3.8, 4) is 0 Å². The Morgan fingerprint density at radius 1 is 1.35 bits per heavy atom. The first kappa shape index (κ1) is 13.3. The van der Waals surface area contributed by atoms with Crippen LogP contribution in [-0.2, 0) is 0 Å². The molecule has 0 bridgehead atoms. The summed E-state index contributed by atoms with van der Waals surface area (Å²) in [6, 6.07) is 0.431. The van der Waals surface area contributed by atoms with Crippen molar-refractivity contribution in [2.24, 2.45) is 11.3 Å². The molecular weight excluding hydrogens is 217 g/mol. The number of nitrogens with zero attached hydrogens (tertiary/aromatic N) is 1. The number of halogens is 1. The van der Waals surface area contributed by atoms with Gasteiger partial charge in [0.05, 0.1) is 12.8 Å². The van der Waals surface area contributed by atoms with E-state index in [0.29, 0.717) is 6.04 Å². The van der Waals surface area contributed by atoms with Crippen LogP contribution in [0.1, 0.15) is 46.0 Å². The standard InChI is InChI=1S/C14H26FNO/c1-14(2)6-5-12(17)8-13(14)16-7-3-4-11(9-15)10-16/h11-13,17H,3-10H2,1-2H3. The lowest BCUT2D eigenvalue weighted by atomic mass is 9.71. The van der Waals surface area contributed by atoms with Gasteiger partial charge in [0.1, 0.15) is 0 Å². The third kappa shape index (κ3) is 3.00. The average molecular weight is 243 g/mol. The molecule has 1 saturated heterocycles. The fourth-order valence-corrected chi connectivity index (χ4v) is 3.55. The Labute approximate surface area is 104 Å². The molecule has 3 heteroatoms. The number of hydrogen-bond acceptors (Lipinski definition) is 2. The van der Waals surface area contributed by atoms with Crippen LogP contribution in [0, 0.1) is 11.3 Å². The maximum absolute atomic E-state index is 12.8. The minimum Gasteiger partial charge on any atom is -0.393 e. The van der Waals surface area contributed by atoms with Gasteiger partial charge in [0, 0.05) is 18.5 Å². The zero-order chi connectivity index (χ0) is 12.5. The summed E-state index contributed by atoms with van der Waals surface area (Å²) in [5.74, 6) is 0.221. The number of piperidine rings is 1. The van der Waals surface area contributed by atoms with E-state index in [9.17, 15) is 9.50 Å². The molecule has 2 nitrogen and oxygen atoms in total. The first-order valence-corrected chi connectivity index (χ1v) is 7.01. The molecule has 0 spiro atoms. The number of alkyl halides is 1. The normalized spacial score (nSPS) is 39.2. The summed E-state index contributed by atoms with van der Waals surface area (Å²) in [6.45, 7) is 6.37. The smallest absolute Gasteiger partial charge is 0.0934 e. The lowest BCUT2D eigenvalue weighted by Gasteiger charge is -2.49. The van der Waals surface area contributed by atoms with Gasteiger partial charge in [-0.05, 0) is 44.1 Å². The molecule has 0 aromatic heterocycles. The van der Waals surface area contributed by atoms with E-state index < -0.39 is 0 Å². The highest BCUT2D eigenvalue weighted by Crippen LogP contribution is 2.40. The Morgan fingerprint density at radius 3 is 2.82 bits per heavy atom. The molecular formula is C14H26FNO. The second-order valence-electron chi connectivity index (χ2n) is 6.59. The van der Waals surface area contributed by atoms with E-state index in [4.69, 9.17) is 0 Å². The molecule has 0 radical (unpaired) electrons. The van der Waals surface area contributed by atoms with Crippen molar-refractivity contribution in [1.82, 2.24) is 4.90 Å². The van der Waals surface area contributed by atoms with E-state index in [-0.39, 0.29) is 24.1 Å². The van der Waals surface area contributed by atoms with Gasteiger partial charge < -0.3 is 5.11 Å². The van der Waals surface area contributed by atoms with Crippen molar-refractivity contribution in [3.05, 3.63) is 0 Å². The summed E-state index contributed by atoms with van der Waals surface area (Å²) in [4.78, 5) is 2.44. The van der Waals surface area contributed by atoms with Crippen LogP contribution >= 0.6 is 0 Å². The molecule has 1 saturated carbocycles. The topological polar surface area (TPSA) is 23.5 Å². The second-order valence-corrected chi connectivity index (χ2v) is 6.59. The lowest BCUT2D eigenvalue weighted by molar-refractivity contribution is -0.0289. The van der Waals surface area contributed by atoms with Crippen LogP contribution in [0.25, 0.3) is 0 Å². The predicted octanol–water partition coefficient (Wildman–Crippen LogP) is 2.61. The van der Waals surface area contributed by atoms with Crippen LogP contribution in [0.4, 0.5) is 4.39 Å². The molecule has 0 amide bonds. The first-order valence-electron chi connectivity index (χ1n) is 7.01. The van der Waals surface area contributed by atoms with Crippen LogP contribution in [0.5, 0.6) is 0 Å². The molecule has 1 N–H and O–H groups in total. The fourth-order valence-electron chi connectivity index (χ4n) is 3.55. The van der Waals surface area contributed by atoms with Gasteiger partial charge in [-0.3, -0.25) is 9.29 Å². The van der Waals surface area contributed by atoms with Crippen molar-refractivity contribution < 1.29 is 9.50 Å². The molecule has 2 aliphatic rings. The molecule has 2 fully saturated rings. The molecule has 17 heavy (non-hydrogen) atoms. The van der Waals surface area contributed by atoms with E-state index in [2.05, 4.69) is 18.7 Å². The quantitative estimate of drug-likeness (QED) is 0.806. The maximum Gasteiger partial charge on any atom is 0.0934 e. The summed E-state index contributed by atoms with van der Waals surface area (Å²) >= 11 is 0. The van der Waals surface area contributed by atoms with Crippen molar-refractivity contribution in [3.63, 3.8) is 0 Å². The van der Waals surface area contributed by atoms with E-state index in [0.717, 1.165) is 45.2 Å². The Morgan fingerprint density at radius 2 is 2.12 bits per heavy atom. The Bertz CT molecular complexity index is 257. The highest BCUT2D eigenvalue weighted by Gasteiger charge is 2.40. The maximum atomic E-state index is 12.8. The van der Waals surface area contributed by atoms with Crippen molar-refractivity contribution in [2.45, 2.75) is 58.1 Å². The van der Waals surface area contributed by atoms with Gasteiger partial charge in [0.25, 0.3) is 0 Å². The van der Waals surface area contributed by atoms with Gasteiger partial charge >= 0.3 is 0 Å². The summed E-state index contributed by atoms with van der Waals surface area (Å²) < 4.78 is 12.8. The molecule has 3 atom stereocenters. The van der Waals surface area contributed by atoms with E-state index >= 15 is 0 Å². The van der Waals surface area contributed by atoms with Crippen LogP contribution in [0.15, 0.2) is 0 Å². The van der Waals surface area contributed by atoms with Gasteiger partial charge in [-0.1, -0.05) is 13.8 Å². The molecule has 100 valence electrons. The average Bonchev–Trinajstić information content (AvgIpc) is 2.32. The van der Waals surface area contributed by atoms with Gasteiger partial charge in [0.15, 0.2) is 0 Å². The minimum atomic E-state index is -0.188. The van der Waals surface area contributed by atoms with Gasteiger partial charge in [-0.15, -0.1) is 0 Å². The molecule has 1 aliphatic carbocycles. The third-order valence-corrected chi connectivity index (χ3v) is 4.73. The van der Waals surface area contributed by atoms with Crippen LogP contribution < -0.4 is 0 Å². The number of hydrogen-bond donors (Lipinski definition) is 1. The molecule has 1 aliphatic heterocycles. The number of aliphatic hydroxyl groups excluding tert-OH is 1. The highest BCUT2D eigenvalue weighted by molar-refractivity contribution is 4.94. The van der Waals surface area contributed by atoms with E-state index in [1.54, 1.807) is 0 Å². The predicted molar refractivity (Wildman–Crippen MR) is 67.7 cm³/mol. The van der Waals surface area contributed by atoms with Gasteiger partial charge in [-0.25, -0.2) is 0 Å². The Hall–Kier alpha value is -0.150. The summed E-state index contributed by atoms with van der Waals surface area (Å²) in [5.41, 5.74) is 0.261. The third-order valence-electron chi connectivity index (χ3n) is 4.73. The van der Waals surface area contributed by atoms with E-state index in [1.165, 1.54) is 0 Å². The molecule has 3 unspecified atom stereocenters. The zero-order valence-corrected chi connectivity index (χ0v) is 11.2. The summed E-state index contributed by atoms with van der Waals surface area (Å²) in [6.07, 6.45) is 4.85. The van der Waals surface area contributed by atoms with Gasteiger partial charge in [-0.2, -0.15) is 0 Å². The largest absolute Gasteiger partial charge is 0.393 e. The van der Waals surface area contributed by atoms with Crippen LogP contribution in [0.3, 0.4) is 0 Å². The number of rotatable bonds is 2. The Kier molecular flexibility index (Phi) is 4.09. The molecule has 0 aromatic rings. The number of aliphatic hydroxyl groups is 1. The monoisotopic (exact) mass is 243 g/mol. The fraction of sp³-hybridized carbons (Fsp3) is 1.00. The lowest BCUT2D eigenvalue weighted by Crippen LogP contribution is -2.53. The molecule has 0 aromatic carbocycles. The zero-order valence-electron chi connectivity index (χ0n) is 11.2. The summed E-state index contributed by atoms with van der Waals surface area (Å²) in [5, 5.41) is 9.86. The Balaban J connectivity index is 2.03. The minimum absolute atomic E-state index is 0.154. The van der Waals surface area contributed by atoms with Crippen molar-refractivity contribution in [1.29, 1.82) is 0 Å². The first-order chi connectivity index (χ1) is 8.03. The van der Waals surface area contributed by atoms with Gasteiger partial charge in [0.2, 0.25) is 0 Å². The SMILES string of the molecule is CC1(C)CCC(O)CC1N1CCCC(CF)C1. The van der Waals surface area contributed by atoms with Crippen molar-refractivity contribution in [2.75, 3.05) is 19.8 Å². The highest BCUT2D eigenvalue weighted by atomic mass is 19.1. The van der Waals surface area contributed by atoms with Crippen molar-refractivity contribution >= 4 is 0 Å². The number of likely N-dealkylation sites (tertiary alicyclic amines) is 1. The van der Waals surface area contributed by atoms with Crippen LogP contribution in [-0.4, -0.2) is 41.9 Å². The summed E-state index contributed by atoms with van der Waals surface area (Å²) in [7, 11) is 0. The second kappa shape index (κ2) is 5.23. The van der Waals surface area contributed by atoms with E-state index in [1.807, 2.05) is 0 Å². The molecule has 2 rings (SSSR count). The molecule has 1 heterocycles. The van der Waals surface area contributed by atoms with Crippen LogP contribution in [0.2, 0.25) is 0 Å².